The fraction of sp³-hybridized carbons (Fsp3) is 0.125. The molecule has 0 bridgehead atoms. The molecule has 1 aromatic carbocycles. The van der Waals surface area contributed by atoms with E-state index in [0.29, 0.717) is 18.6 Å². The molecule has 0 amide bonds. The Bertz CT molecular complexity index is 950. The van der Waals surface area contributed by atoms with E-state index in [0.717, 1.165) is 9.96 Å². The number of anilines is 1. The monoisotopic (exact) mass is 326 g/mol. The fourth-order valence-electron chi connectivity index (χ4n) is 2.36. The molecule has 2 aromatic heterocycles. The van der Waals surface area contributed by atoms with Crippen molar-refractivity contribution < 1.29 is 10.0 Å². The van der Waals surface area contributed by atoms with Crippen molar-refractivity contribution in [3.63, 3.8) is 0 Å². The van der Waals surface area contributed by atoms with Crippen LogP contribution in [0.1, 0.15) is 5.56 Å². The van der Waals surface area contributed by atoms with Crippen LogP contribution in [0.3, 0.4) is 0 Å². The van der Waals surface area contributed by atoms with Crippen LogP contribution < -0.4 is 10.9 Å². The third-order valence-corrected chi connectivity index (χ3v) is 3.54. The van der Waals surface area contributed by atoms with Crippen LogP contribution in [0.4, 0.5) is 11.5 Å². The van der Waals surface area contributed by atoms with Crippen molar-refractivity contribution in [3.05, 3.63) is 74.7 Å². The second-order valence-corrected chi connectivity index (χ2v) is 5.14. The third-order valence-electron chi connectivity index (χ3n) is 3.54. The first kappa shape index (κ1) is 15.5. The van der Waals surface area contributed by atoms with E-state index in [1.807, 2.05) is 0 Å². The third kappa shape index (κ3) is 3.02. The van der Waals surface area contributed by atoms with Crippen molar-refractivity contribution in [2.24, 2.45) is 0 Å². The van der Waals surface area contributed by atoms with Gasteiger partial charge in [-0.05, 0) is 36.2 Å². The topological polar surface area (TPSA) is 110 Å². The molecule has 0 saturated carbocycles. The van der Waals surface area contributed by atoms with E-state index in [2.05, 4.69) is 10.3 Å². The molecule has 2 heterocycles. The molecule has 3 rings (SSSR count). The number of nitrogens with one attached hydrogen (secondary N) is 1. The Morgan fingerprint density at radius 1 is 1.21 bits per heavy atom. The van der Waals surface area contributed by atoms with Gasteiger partial charge in [0.1, 0.15) is 11.4 Å². The number of benzene rings is 1. The molecule has 0 saturated heterocycles. The summed E-state index contributed by atoms with van der Waals surface area (Å²) in [6.07, 6.45) is 2.01. The van der Waals surface area contributed by atoms with Gasteiger partial charge < -0.3 is 10.4 Å². The lowest BCUT2D eigenvalue weighted by Crippen LogP contribution is -2.21. The first-order chi connectivity index (χ1) is 11.6. The quantitative estimate of drug-likeness (QED) is 0.548. The van der Waals surface area contributed by atoms with Gasteiger partial charge in [-0.1, -0.05) is 18.2 Å². The molecule has 2 N–H and O–H groups in total. The van der Waals surface area contributed by atoms with Crippen molar-refractivity contribution in [1.82, 2.24) is 9.38 Å². The smallest absolute Gasteiger partial charge is 0.376 e. The van der Waals surface area contributed by atoms with E-state index < -0.39 is 16.2 Å². The van der Waals surface area contributed by atoms with Gasteiger partial charge in [0.25, 0.3) is 0 Å². The number of nitro groups is 1. The Morgan fingerprint density at radius 2 is 1.96 bits per heavy atom. The van der Waals surface area contributed by atoms with Gasteiger partial charge in [0, 0.05) is 12.7 Å². The zero-order valence-electron chi connectivity index (χ0n) is 12.5. The number of hydrogen-bond acceptors (Lipinski definition) is 6. The molecule has 0 aliphatic carbocycles. The number of aromatic hydroxyl groups is 1. The molecule has 0 atom stereocenters. The van der Waals surface area contributed by atoms with Crippen molar-refractivity contribution >= 4 is 17.2 Å². The summed E-state index contributed by atoms with van der Waals surface area (Å²) in [5.41, 5.74) is -0.0252. The number of rotatable bonds is 5. The predicted octanol–water partition coefficient (Wildman–Crippen LogP) is 1.96. The molecule has 122 valence electrons. The lowest BCUT2D eigenvalue weighted by Gasteiger charge is -2.08. The lowest BCUT2D eigenvalue weighted by atomic mass is 10.1. The standard InChI is InChI=1S/C16H14N4O4/c21-12-6-4-11(5-7-12)8-9-17-15-14(20(23)24)16(22)19-10-2-1-3-13(19)18-15/h1-7,10,17,21H,8-9H2. The zero-order valence-corrected chi connectivity index (χ0v) is 12.5. The van der Waals surface area contributed by atoms with Gasteiger partial charge in [-0.25, -0.2) is 4.98 Å². The van der Waals surface area contributed by atoms with Crippen LogP contribution in [0.15, 0.2) is 53.5 Å². The number of fused-ring (bicyclic) bond motifs is 1. The maximum Gasteiger partial charge on any atom is 0.376 e. The fourth-order valence-corrected chi connectivity index (χ4v) is 2.36. The maximum absolute atomic E-state index is 12.3. The average Bonchev–Trinajstić information content (AvgIpc) is 2.56. The molecular weight excluding hydrogens is 312 g/mol. The average molecular weight is 326 g/mol. The van der Waals surface area contributed by atoms with E-state index in [1.165, 1.54) is 6.20 Å². The summed E-state index contributed by atoms with van der Waals surface area (Å²) >= 11 is 0. The minimum atomic E-state index is -0.725. The first-order valence-electron chi connectivity index (χ1n) is 7.24. The van der Waals surface area contributed by atoms with E-state index in [4.69, 9.17) is 0 Å². The summed E-state index contributed by atoms with van der Waals surface area (Å²) < 4.78 is 1.14. The molecular formula is C16H14N4O4. The highest BCUT2D eigenvalue weighted by atomic mass is 16.6. The Morgan fingerprint density at radius 3 is 2.67 bits per heavy atom. The number of phenols is 1. The van der Waals surface area contributed by atoms with Crippen LogP contribution in [-0.2, 0) is 6.42 Å². The first-order valence-corrected chi connectivity index (χ1v) is 7.24. The van der Waals surface area contributed by atoms with Crippen molar-refractivity contribution in [1.29, 1.82) is 0 Å². The van der Waals surface area contributed by atoms with Gasteiger partial charge >= 0.3 is 11.2 Å². The Kier molecular flexibility index (Phi) is 4.11. The van der Waals surface area contributed by atoms with Crippen LogP contribution in [0, 0.1) is 10.1 Å². The predicted molar refractivity (Wildman–Crippen MR) is 88.4 cm³/mol. The van der Waals surface area contributed by atoms with Gasteiger partial charge in [0.05, 0.1) is 4.92 Å². The van der Waals surface area contributed by atoms with Crippen LogP contribution in [0.25, 0.3) is 5.65 Å². The maximum atomic E-state index is 12.3. The van der Waals surface area contributed by atoms with Crippen LogP contribution in [0.5, 0.6) is 5.75 Å². The molecule has 0 aliphatic heterocycles. The number of phenolic OH excluding ortho intramolecular Hbond substituents is 1. The molecule has 0 spiro atoms. The lowest BCUT2D eigenvalue weighted by molar-refractivity contribution is -0.385. The van der Waals surface area contributed by atoms with Crippen LogP contribution in [0.2, 0.25) is 0 Å². The molecule has 8 nitrogen and oxygen atoms in total. The SMILES string of the molecule is O=c1c([N+](=O)[O-])c(NCCc2ccc(O)cc2)nc2ccccn12. The van der Waals surface area contributed by atoms with Crippen molar-refractivity contribution in [3.8, 4) is 5.75 Å². The second-order valence-electron chi connectivity index (χ2n) is 5.14. The number of aromatic nitrogens is 2. The largest absolute Gasteiger partial charge is 0.508 e. The summed E-state index contributed by atoms with van der Waals surface area (Å²) in [5, 5.41) is 23.4. The van der Waals surface area contributed by atoms with E-state index in [-0.39, 0.29) is 11.6 Å². The highest BCUT2D eigenvalue weighted by Gasteiger charge is 2.23. The van der Waals surface area contributed by atoms with Crippen molar-refractivity contribution in [2.45, 2.75) is 6.42 Å². The highest BCUT2D eigenvalue weighted by molar-refractivity contribution is 5.59. The summed E-state index contributed by atoms with van der Waals surface area (Å²) in [6.45, 7) is 0.362. The van der Waals surface area contributed by atoms with E-state index in [9.17, 15) is 20.0 Å². The number of pyridine rings is 1. The van der Waals surface area contributed by atoms with Gasteiger partial charge in [0.15, 0.2) is 0 Å². The van der Waals surface area contributed by atoms with Crippen molar-refractivity contribution in [2.75, 3.05) is 11.9 Å². The molecule has 0 fully saturated rings. The zero-order chi connectivity index (χ0) is 17.1. The van der Waals surface area contributed by atoms with E-state index in [1.54, 1.807) is 42.5 Å². The molecule has 0 aliphatic rings. The van der Waals surface area contributed by atoms with Gasteiger partial charge in [-0.2, -0.15) is 0 Å². The molecule has 8 heteroatoms. The number of nitrogens with zero attached hydrogens (tertiary/aromatic N) is 3. The highest BCUT2D eigenvalue weighted by Crippen LogP contribution is 2.18. The van der Waals surface area contributed by atoms with Crippen LogP contribution >= 0.6 is 0 Å². The van der Waals surface area contributed by atoms with Gasteiger partial charge in [0.2, 0.25) is 5.82 Å². The minimum absolute atomic E-state index is 0.0463. The molecule has 0 radical (unpaired) electrons. The molecule has 24 heavy (non-hydrogen) atoms. The number of hydrogen-bond donors (Lipinski definition) is 2. The summed E-state index contributed by atoms with van der Waals surface area (Å²) in [7, 11) is 0. The Labute approximate surface area is 136 Å². The van der Waals surface area contributed by atoms with Gasteiger partial charge in [-0.15, -0.1) is 0 Å². The molecule has 3 aromatic rings. The summed E-state index contributed by atoms with van der Waals surface area (Å²) in [4.78, 5) is 27.0. The normalized spacial score (nSPS) is 10.7. The van der Waals surface area contributed by atoms with Crippen LogP contribution in [-0.4, -0.2) is 26.0 Å². The molecule has 0 unspecified atom stereocenters. The van der Waals surface area contributed by atoms with Gasteiger partial charge in [-0.3, -0.25) is 19.3 Å². The van der Waals surface area contributed by atoms with E-state index >= 15 is 0 Å². The Balaban J connectivity index is 1.88. The summed E-state index contributed by atoms with van der Waals surface area (Å²) in [6, 6.07) is 11.6. The second kappa shape index (κ2) is 6.37. The summed E-state index contributed by atoms with van der Waals surface area (Å²) in [5.74, 6) is 0.126. The Hall–Kier alpha value is -3.42. The minimum Gasteiger partial charge on any atom is -0.508 e.